The molecule has 0 aliphatic carbocycles. The SMILES string of the molecule is CCOc1ccccc1N1CCN(C(=O)c2cc(Cl)c(N)cc2OC)CC1. The number of halogens is 1. The van der Waals surface area contributed by atoms with E-state index >= 15 is 0 Å². The second kappa shape index (κ2) is 8.39. The number of carbonyl (C=O) groups excluding carboxylic acids is 1. The molecule has 1 fully saturated rings. The summed E-state index contributed by atoms with van der Waals surface area (Å²) < 4.78 is 11.0. The molecule has 0 unspecified atom stereocenters. The number of benzene rings is 2. The predicted octanol–water partition coefficient (Wildman–Crippen LogP) is 3.29. The Hall–Kier alpha value is -2.60. The highest BCUT2D eigenvalue weighted by Gasteiger charge is 2.26. The summed E-state index contributed by atoms with van der Waals surface area (Å²) in [5, 5.41) is 0.350. The number of nitrogen functional groups attached to an aromatic ring is 1. The van der Waals surface area contributed by atoms with Crippen molar-refractivity contribution in [3.05, 3.63) is 47.0 Å². The molecule has 27 heavy (non-hydrogen) atoms. The molecule has 1 heterocycles. The predicted molar refractivity (Wildman–Crippen MR) is 108 cm³/mol. The highest BCUT2D eigenvalue weighted by atomic mass is 35.5. The molecule has 0 bridgehead atoms. The van der Waals surface area contributed by atoms with E-state index < -0.39 is 0 Å². The second-order valence-electron chi connectivity index (χ2n) is 6.25. The van der Waals surface area contributed by atoms with Crippen LogP contribution in [0.5, 0.6) is 11.5 Å². The molecule has 3 rings (SSSR count). The molecule has 2 N–H and O–H groups in total. The van der Waals surface area contributed by atoms with E-state index in [1.54, 1.807) is 12.1 Å². The molecule has 1 amide bonds. The number of hydrogen-bond donors (Lipinski definition) is 1. The molecule has 144 valence electrons. The van der Waals surface area contributed by atoms with Crippen LogP contribution in [0.2, 0.25) is 5.02 Å². The number of anilines is 2. The first-order valence-electron chi connectivity index (χ1n) is 8.94. The third kappa shape index (κ3) is 4.06. The summed E-state index contributed by atoms with van der Waals surface area (Å²) in [6, 6.07) is 11.1. The Morgan fingerprint density at radius 1 is 1.15 bits per heavy atom. The molecule has 0 saturated carbocycles. The molecular weight excluding hydrogens is 366 g/mol. The fourth-order valence-electron chi connectivity index (χ4n) is 3.22. The van der Waals surface area contributed by atoms with Crippen molar-refractivity contribution in [3.63, 3.8) is 0 Å². The van der Waals surface area contributed by atoms with E-state index in [-0.39, 0.29) is 5.91 Å². The van der Waals surface area contributed by atoms with E-state index in [1.165, 1.54) is 7.11 Å². The summed E-state index contributed by atoms with van der Waals surface area (Å²) >= 11 is 6.10. The summed E-state index contributed by atoms with van der Waals surface area (Å²) in [6.07, 6.45) is 0. The Morgan fingerprint density at radius 3 is 2.52 bits per heavy atom. The Labute approximate surface area is 164 Å². The van der Waals surface area contributed by atoms with Gasteiger partial charge in [0.15, 0.2) is 0 Å². The van der Waals surface area contributed by atoms with Gasteiger partial charge in [-0.05, 0) is 25.1 Å². The minimum Gasteiger partial charge on any atom is -0.496 e. The molecule has 0 spiro atoms. The van der Waals surface area contributed by atoms with Crippen molar-refractivity contribution in [2.75, 3.05) is 50.5 Å². The molecule has 6 nitrogen and oxygen atoms in total. The Balaban J connectivity index is 1.73. The second-order valence-corrected chi connectivity index (χ2v) is 6.66. The maximum Gasteiger partial charge on any atom is 0.257 e. The molecule has 1 aliphatic heterocycles. The van der Waals surface area contributed by atoms with Gasteiger partial charge in [-0.25, -0.2) is 0 Å². The quantitative estimate of drug-likeness (QED) is 0.795. The van der Waals surface area contributed by atoms with Gasteiger partial charge in [0, 0.05) is 32.2 Å². The molecule has 0 radical (unpaired) electrons. The Bertz CT molecular complexity index is 820. The van der Waals surface area contributed by atoms with E-state index in [4.69, 9.17) is 26.8 Å². The fourth-order valence-corrected chi connectivity index (χ4v) is 3.39. The highest BCUT2D eigenvalue weighted by Crippen LogP contribution is 2.31. The first-order valence-corrected chi connectivity index (χ1v) is 9.32. The van der Waals surface area contributed by atoms with Crippen LogP contribution < -0.4 is 20.1 Å². The van der Waals surface area contributed by atoms with Gasteiger partial charge in [0.25, 0.3) is 5.91 Å². The first-order chi connectivity index (χ1) is 13.0. The van der Waals surface area contributed by atoms with E-state index in [1.807, 2.05) is 36.1 Å². The summed E-state index contributed by atoms with van der Waals surface area (Å²) in [5.41, 5.74) is 7.69. The van der Waals surface area contributed by atoms with Gasteiger partial charge >= 0.3 is 0 Å². The number of carbonyl (C=O) groups is 1. The average molecular weight is 390 g/mol. The van der Waals surface area contributed by atoms with Gasteiger partial charge in [-0.15, -0.1) is 0 Å². The lowest BCUT2D eigenvalue weighted by molar-refractivity contribution is 0.0743. The summed E-state index contributed by atoms with van der Waals surface area (Å²) in [4.78, 5) is 17.0. The standard InChI is InChI=1S/C20H24ClN3O3/c1-3-27-18-7-5-4-6-17(18)23-8-10-24(11-9-23)20(25)14-12-15(21)16(22)13-19(14)26-2/h4-7,12-13H,3,8-11,22H2,1-2H3. The fraction of sp³-hybridized carbons (Fsp3) is 0.350. The lowest BCUT2D eigenvalue weighted by Crippen LogP contribution is -2.49. The van der Waals surface area contributed by atoms with Crippen molar-refractivity contribution < 1.29 is 14.3 Å². The molecule has 1 aliphatic rings. The number of para-hydroxylation sites is 2. The smallest absolute Gasteiger partial charge is 0.257 e. The van der Waals surface area contributed by atoms with Crippen molar-refractivity contribution in [2.45, 2.75) is 6.92 Å². The monoisotopic (exact) mass is 389 g/mol. The number of hydrogen-bond acceptors (Lipinski definition) is 5. The molecule has 7 heteroatoms. The Kier molecular flexibility index (Phi) is 5.96. The van der Waals surface area contributed by atoms with E-state index in [2.05, 4.69) is 4.90 Å². The van der Waals surface area contributed by atoms with Gasteiger partial charge in [0.1, 0.15) is 11.5 Å². The van der Waals surface area contributed by atoms with Crippen LogP contribution in [0.4, 0.5) is 11.4 Å². The van der Waals surface area contributed by atoms with Crippen LogP contribution in [-0.4, -0.2) is 50.7 Å². The van der Waals surface area contributed by atoms with Crippen LogP contribution in [0, 0.1) is 0 Å². The number of rotatable bonds is 5. The Morgan fingerprint density at radius 2 is 1.85 bits per heavy atom. The zero-order valence-corrected chi connectivity index (χ0v) is 16.3. The molecule has 2 aromatic carbocycles. The number of nitrogens with zero attached hydrogens (tertiary/aromatic N) is 2. The van der Waals surface area contributed by atoms with Gasteiger partial charge in [-0.1, -0.05) is 23.7 Å². The number of nitrogens with two attached hydrogens (primary N) is 1. The molecule has 2 aromatic rings. The maximum atomic E-state index is 13.0. The van der Waals surface area contributed by atoms with Crippen LogP contribution in [-0.2, 0) is 0 Å². The normalized spacial score (nSPS) is 14.2. The van der Waals surface area contributed by atoms with Crippen LogP contribution in [0.1, 0.15) is 17.3 Å². The van der Waals surface area contributed by atoms with Crippen LogP contribution >= 0.6 is 11.6 Å². The third-order valence-electron chi connectivity index (χ3n) is 4.62. The molecular formula is C20H24ClN3O3. The molecule has 0 atom stereocenters. The third-order valence-corrected chi connectivity index (χ3v) is 4.95. The lowest BCUT2D eigenvalue weighted by Gasteiger charge is -2.37. The van der Waals surface area contributed by atoms with Crippen LogP contribution in [0.25, 0.3) is 0 Å². The number of methoxy groups -OCH3 is 1. The molecule has 0 aromatic heterocycles. The first kappa shape index (κ1) is 19.2. The van der Waals surface area contributed by atoms with Crippen molar-refractivity contribution in [1.29, 1.82) is 0 Å². The van der Waals surface area contributed by atoms with Crippen molar-refractivity contribution in [2.24, 2.45) is 0 Å². The van der Waals surface area contributed by atoms with Gasteiger partial charge in [0.2, 0.25) is 0 Å². The van der Waals surface area contributed by atoms with E-state index in [0.29, 0.717) is 41.7 Å². The highest BCUT2D eigenvalue weighted by molar-refractivity contribution is 6.33. The molecule has 1 saturated heterocycles. The van der Waals surface area contributed by atoms with Crippen molar-refractivity contribution in [1.82, 2.24) is 4.90 Å². The van der Waals surface area contributed by atoms with Gasteiger partial charge in [-0.3, -0.25) is 4.79 Å². The summed E-state index contributed by atoms with van der Waals surface area (Å²) in [6.45, 7) is 5.24. The minimum atomic E-state index is -0.105. The zero-order valence-electron chi connectivity index (χ0n) is 15.6. The van der Waals surface area contributed by atoms with Crippen molar-refractivity contribution in [3.8, 4) is 11.5 Å². The lowest BCUT2D eigenvalue weighted by atomic mass is 10.1. The minimum absolute atomic E-state index is 0.105. The number of ether oxygens (including phenoxy) is 2. The van der Waals surface area contributed by atoms with Gasteiger partial charge in [-0.2, -0.15) is 0 Å². The number of piperazine rings is 1. The maximum absolute atomic E-state index is 13.0. The largest absolute Gasteiger partial charge is 0.496 e. The van der Waals surface area contributed by atoms with E-state index in [0.717, 1.165) is 24.5 Å². The topological polar surface area (TPSA) is 68.0 Å². The van der Waals surface area contributed by atoms with Crippen molar-refractivity contribution >= 4 is 28.9 Å². The van der Waals surface area contributed by atoms with Crippen LogP contribution in [0.15, 0.2) is 36.4 Å². The zero-order chi connectivity index (χ0) is 19.4. The van der Waals surface area contributed by atoms with E-state index in [9.17, 15) is 4.79 Å². The summed E-state index contributed by atoms with van der Waals surface area (Å²) in [5.74, 6) is 1.20. The van der Waals surface area contributed by atoms with Gasteiger partial charge < -0.3 is 25.0 Å². The number of amides is 1. The van der Waals surface area contributed by atoms with Crippen LogP contribution in [0.3, 0.4) is 0 Å². The summed E-state index contributed by atoms with van der Waals surface area (Å²) in [7, 11) is 1.52. The average Bonchev–Trinajstić information content (AvgIpc) is 2.70. The van der Waals surface area contributed by atoms with Gasteiger partial charge in [0.05, 0.1) is 35.7 Å².